The van der Waals surface area contributed by atoms with Crippen LogP contribution in [-0.2, 0) is 11.3 Å². The quantitative estimate of drug-likeness (QED) is 0.552. The summed E-state index contributed by atoms with van der Waals surface area (Å²) in [5.74, 6) is 0.207. The average molecular weight is 465 g/mol. The highest BCUT2D eigenvalue weighted by Crippen LogP contribution is 2.36. The van der Waals surface area contributed by atoms with Gasteiger partial charge in [-0.15, -0.1) is 11.8 Å². The maximum atomic E-state index is 13.9. The molecule has 1 aromatic carbocycles. The van der Waals surface area contributed by atoms with Crippen LogP contribution in [0.25, 0.3) is 11.5 Å². The maximum Gasteiger partial charge on any atom is 0.277 e. The first kappa shape index (κ1) is 21.8. The second kappa shape index (κ2) is 8.74. The Morgan fingerprint density at radius 3 is 2.73 bits per heavy atom. The molecular weight excluding hydrogens is 436 g/mol. The average Bonchev–Trinajstić information content (AvgIpc) is 3.50. The molecule has 0 radical (unpaired) electrons. The van der Waals surface area contributed by atoms with Gasteiger partial charge in [0.2, 0.25) is 5.91 Å². The lowest BCUT2D eigenvalue weighted by atomic mass is 9.91. The van der Waals surface area contributed by atoms with Gasteiger partial charge in [0.15, 0.2) is 5.76 Å². The SMILES string of the molecule is CSc1cccc(N2C(=O)c3cc(-c4ccco4)nn3CC2(C)C(=O)NC2CCCCC2)c1. The molecule has 2 aromatic heterocycles. The first-order valence-corrected chi connectivity index (χ1v) is 12.6. The largest absolute Gasteiger partial charge is 0.463 e. The van der Waals surface area contributed by atoms with E-state index in [2.05, 4.69) is 10.4 Å². The normalized spacial score (nSPS) is 21.2. The summed E-state index contributed by atoms with van der Waals surface area (Å²) in [5.41, 5.74) is 0.613. The van der Waals surface area contributed by atoms with Crippen LogP contribution in [0.15, 0.2) is 58.0 Å². The molecule has 3 heterocycles. The second-order valence-corrected chi connectivity index (χ2v) is 9.85. The molecular formula is C25H28N4O3S. The first-order valence-electron chi connectivity index (χ1n) is 11.4. The predicted octanol–water partition coefficient (Wildman–Crippen LogP) is 4.73. The number of nitrogens with one attached hydrogen (secondary N) is 1. The van der Waals surface area contributed by atoms with Crippen LogP contribution in [0.2, 0.25) is 0 Å². The van der Waals surface area contributed by atoms with E-state index in [1.54, 1.807) is 39.7 Å². The Hall–Kier alpha value is -3.00. The van der Waals surface area contributed by atoms with Gasteiger partial charge < -0.3 is 9.73 Å². The van der Waals surface area contributed by atoms with Crippen molar-refractivity contribution in [1.82, 2.24) is 15.1 Å². The number of nitrogens with zero attached hydrogens (tertiary/aromatic N) is 3. The third kappa shape index (κ3) is 3.97. The molecule has 2 amide bonds. The minimum atomic E-state index is -1.12. The summed E-state index contributed by atoms with van der Waals surface area (Å²) in [6, 6.07) is 13.3. The fourth-order valence-electron chi connectivity index (χ4n) is 4.87. The number of aromatic nitrogens is 2. The highest BCUT2D eigenvalue weighted by molar-refractivity contribution is 7.98. The molecule has 0 saturated heterocycles. The van der Waals surface area contributed by atoms with Crippen molar-refractivity contribution in [1.29, 1.82) is 0 Å². The molecule has 1 unspecified atom stereocenters. The minimum Gasteiger partial charge on any atom is -0.463 e. The number of anilines is 1. The van der Waals surface area contributed by atoms with Crippen LogP contribution in [0.1, 0.15) is 49.5 Å². The summed E-state index contributed by atoms with van der Waals surface area (Å²) in [6.07, 6.45) is 8.99. The topological polar surface area (TPSA) is 80.4 Å². The molecule has 8 heteroatoms. The summed E-state index contributed by atoms with van der Waals surface area (Å²) < 4.78 is 7.14. The predicted molar refractivity (Wildman–Crippen MR) is 128 cm³/mol. The van der Waals surface area contributed by atoms with Crippen molar-refractivity contribution >= 4 is 29.3 Å². The second-order valence-electron chi connectivity index (χ2n) is 8.97. The summed E-state index contributed by atoms with van der Waals surface area (Å²) in [4.78, 5) is 30.3. The van der Waals surface area contributed by atoms with Gasteiger partial charge in [0, 0.05) is 22.7 Å². The monoisotopic (exact) mass is 464 g/mol. The number of hydrogen-bond donors (Lipinski definition) is 1. The van der Waals surface area contributed by atoms with Gasteiger partial charge in [0.05, 0.1) is 12.8 Å². The van der Waals surface area contributed by atoms with Crippen LogP contribution < -0.4 is 10.2 Å². The van der Waals surface area contributed by atoms with Crippen molar-refractivity contribution in [2.24, 2.45) is 0 Å². The fraction of sp³-hybridized carbons (Fsp3) is 0.400. The molecule has 5 rings (SSSR count). The molecule has 0 bridgehead atoms. The number of rotatable bonds is 5. The fourth-order valence-corrected chi connectivity index (χ4v) is 5.32. The highest BCUT2D eigenvalue weighted by atomic mass is 32.2. The molecule has 1 fully saturated rings. The summed E-state index contributed by atoms with van der Waals surface area (Å²) >= 11 is 1.60. The zero-order valence-electron chi connectivity index (χ0n) is 18.9. The lowest BCUT2D eigenvalue weighted by Gasteiger charge is -2.44. The van der Waals surface area contributed by atoms with Crippen molar-refractivity contribution < 1.29 is 14.0 Å². The number of carbonyl (C=O) groups is 2. The molecule has 1 N–H and O–H groups in total. The Morgan fingerprint density at radius 1 is 1.18 bits per heavy atom. The van der Waals surface area contributed by atoms with Crippen LogP contribution in [-0.4, -0.2) is 39.4 Å². The number of thioether (sulfide) groups is 1. The minimum absolute atomic E-state index is 0.141. The van der Waals surface area contributed by atoms with Crippen molar-refractivity contribution in [3.63, 3.8) is 0 Å². The number of hydrogen-bond acceptors (Lipinski definition) is 5. The van der Waals surface area contributed by atoms with E-state index in [4.69, 9.17) is 4.42 Å². The number of furan rings is 1. The molecule has 1 aliphatic heterocycles. The van der Waals surface area contributed by atoms with Gasteiger partial charge in [0.25, 0.3) is 5.91 Å². The number of carbonyl (C=O) groups excluding carboxylic acids is 2. The first-order chi connectivity index (χ1) is 16.0. The standard InChI is InChI=1S/C25H28N4O3S/c1-25(24(31)26-17-8-4-3-5-9-17)16-28-21(15-20(27-28)22-12-7-13-32-22)23(30)29(25)18-10-6-11-19(14-18)33-2/h6-7,10-15,17H,3-5,8-9,16H2,1-2H3,(H,26,31). The van der Waals surface area contributed by atoms with Crippen LogP contribution in [0.3, 0.4) is 0 Å². The number of fused-ring (bicyclic) bond motifs is 1. The van der Waals surface area contributed by atoms with Crippen LogP contribution in [0.4, 0.5) is 5.69 Å². The molecule has 1 aliphatic carbocycles. The van der Waals surface area contributed by atoms with Gasteiger partial charge in [-0.1, -0.05) is 25.3 Å². The molecule has 7 nitrogen and oxygen atoms in total. The summed E-state index contributed by atoms with van der Waals surface area (Å²) in [6.45, 7) is 2.10. The number of benzene rings is 1. The van der Waals surface area contributed by atoms with Crippen LogP contribution >= 0.6 is 11.8 Å². The van der Waals surface area contributed by atoms with E-state index < -0.39 is 5.54 Å². The van der Waals surface area contributed by atoms with Gasteiger partial charge in [-0.2, -0.15) is 5.10 Å². The molecule has 0 spiro atoms. The summed E-state index contributed by atoms with van der Waals surface area (Å²) in [7, 11) is 0. The lowest BCUT2D eigenvalue weighted by molar-refractivity contribution is -0.127. The van der Waals surface area contributed by atoms with Crippen molar-refractivity contribution in [3.05, 3.63) is 54.4 Å². The lowest BCUT2D eigenvalue weighted by Crippen LogP contribution is -2.65. The van der Waals surface area contributed by atoms with E-state index >= 15 is 0 Å². The van der Waals surface area contributed by atoms with E-state index in [9.17, 15) is 9.59 Å². The molecule has 3 aromatic rings. The smallest absolute Gasteiger partial charge is 0.277 e. The molecule has 1 saturated carbocycles. The molecule has 1 atom stereocenters. The Morgan fingerprint density at radius 2 is 2.00 bits per heavy atom. The molecule has 33 heavy (non-hydrogen) atoms. The van der Waals surface area contributed by atoms with Gasteiger partial charge in [-0.3, -0.25) is 19.2 Å². The zero-order chi connectivity index (χ0) is 23.0. The van der Waals surface area contributed by atoms with Crippen molar-refractivity contribution in [3.8, 4) is 11.5 Å². The van der Waals surface area contributed by atoms with Crippen molar-refractivity contribution in [2.45, 2.75) is 62.0 Å². The Bertz CT molecular complexity index is 1170. The highest BCUT2D eigenvalue weighted by Gasteiger charge is 2.49. The Kier molecular flexibility index (Phi) is 5.78. The van der Waals surface area contributed by atoms with E-state index in [0.29, 0.717) is 22.8 Å². The Balaban J connectivity index is 1.57. The van der Waals surface area contributed by atoms with E-state index in [-0.39, 0.29) is 24.4 Å². The van der Waals surface area contributed by atoms with E-state index in [1.165, 1.54) is 6.42 Å². The van der Waals surface area contributed by atoms with Gasteiger partial charge in [-0.05, 0) is 56.4 Å². The van der Waals surface area contributed by atoms with Crippen LogP contribution in [0.5, 0.6) is 0 Å². The molecule has 2 aliphatic rings. The van der Waals surface area contributed by atoms with Crippen molar-refractivity contribution in [2.75, 3.05) is 11.2 Å². The maximum absolute atomic E-state index is 13.9. The third-order valence-corrected chi connectivity index (χ3v) is 7.39. The third-order valence-electron chi connectivity index (χ3n) is 6.67. The molecule has 172 valence electrons. The summed E-state index contributed by atoms with van der Waals surface area (Å²) in [5, 5.41) is 7.87. The van der Waals surface area contributed by atoms with E-state index in [0.717, 1.165) is 30.6 Å². The van der Waals surface area contributed by atoms with Gasteiger partial charge >= 0.3 is 0 Å². The van der Waals surface area contributed by atoms with E-state index in [1.807, 2.05) is 43.5 Å². The number of amides is 2. The zero-order valence-corrected chi connectivity index (χ0v) is 19.7. The van der Waals surface area contributed by atoms with Gasteiger partial charge in [0.1, 0.15) is 16.9 Å². The van der Waals surface area contributed by atoms with Crippen LogP contribution in [0, 0.1) is 0 Å². The Labute approximate surface area is 197 Å². The van der Waals surface area contributed by atoms with Gasteiger partial charge in [-0.25, -0.2) is 0 Å².